The highest BCUT2D eigenvalue weighted by atomic mass is 19.4. The van der Waals surface area contributed by atoms with Crippen LogP contribution in [0, 0.1) is 0 Å². The minimum atomic E-state index is -4.42. The van der Waals surface area contributed by atoms with Crippen molar-refractivity contribution in [2.75, 3.05) is 18.4 Å². The third-order valence-corrected chi connectivity index (χ3v) is 3.35. The maximum atomic E-state index is 12.6. The van der Waals surface area contributed by atoms with Crippen LogP contribution in [0.2, 0.25) is 0 Å². The van der Waals surface area contributed by atoms with Crippen LogP contribution in [0.1, 0.15) is 18.4 Å². The highest BCUT2D eigenvalue weighted by Crippen LogP contribution is 2.30. The van der Waals surface area contributed by atoms with Crippen molar-refractivity contribution >= 4 is 11.7 Å². The zero-order valence-electron chi connectivity index (χ0n) is 10.8. The van der Waals surface area contributed by atoms with Crippen molar-refractivity contribution in [3.63, 3.8) is 0 Å². The largest absolute Gasteiger partial charge is 0.416 e. The number of nitrogens with zero attached hydrogens (tertiary/aromatic N) is 1. The van der Waals surface area contributed by atoms with Gasteiger partial charge in [0, 0.05) is 24.8 Å². The summed E-state index contributed by atoms with van der Waals surface area (Å²) in [6, 6.07) is 4.14. The molecule has 2 amide bonds. The number of halogens is 3. The molecule has 110 valence electrons. The number of anilines is 1. The molecule has 0 spiro atoms. The second kappa shape index (κ2) is 5.70. The number of nitrogens with two attached hydrogens (primary N) is 1. The lowest BCUT2D eigenvalue weighted by Gasteiger charge is -2.23. The Bertz CT molecular complexity index is 490. The molecule has 4 nitrogen and oxygen atoms in total. The van der Waals surface area contributed by atoms with Crippen LogP contribution in [-0.4, -0.2) is 30.1 Å². The van der Waals surface area contributed by atoms with Gasteiger partial charge in [0.15, 0.2) is 0 Å². The summed E-state index contributed by atoms with van der Waals surface area (Å²) in [6.07, 6.45) is -2.74. The lowest BCUT2D eigenvalue weighted by Crippen LogP contribution is -2.42. The molecule has 1 aromatic rings. The van der Waals surface area contributed by atoms with Gasteiger partial charge in [0.25, 0.3) is 0 Å². The third kappa shape index (κ3) is 3.22. The number of likely N-dealkylation sites (tertiary alicyclic amines) is 1. The van der Waals surface area contributed by atoms with Gasteiger partial charge in [0.1, 0.15) is 0 Å². The second-order valence-electron chi connectivity index (χ2n) is 4.73. The molecule has 20 heavy (non-hydrogen) atoms. The van der Waals surface area contributed by atoms with Gasteiger partial charge in [-0.25, -0.2) is 4.79 Å². The van der Waals surface area contributed by atoms with Gasteiger partial charge < -0.3 is 16.0 Å². The van der Waals surface area contributed by atoms with Crippen molar-refractivity contribution in [3.05, 3.63) is 29.8 Å². The summed E-state index contributed by atoms with van der Waals surface area (Å²) in [5.41, 5.74) is 4.91. The fraction of sp³-hybridized carbons (Fsp3) is 0.462. The lowest BCUT2D eigenvalue weighted by atomic mass is 10.2. The molecule has 1 atom stereocenters. The summed E-state index contributed by atoms with van der Waals surface area (Å²) in [5, 5.41) is 2.49. The smallest absolute Gasteiger partial charge is 0.328 e. The van der Waals surface area contributed by atoms with E-state index in [0.717, 1.165) is 25.0 Å². The van der Waals surface area contributed by atoms with E-state index in [9.17, 15) is 18.0 Å². The molecular formula is C13H16F3N3O. The molecule has 3 N–H and O–H groups in total. The molecule has 1 fully saturated rings. The molecule has 1 aliphatic rings. The number of urea groups is 1. The van der Waals surface area contributed by atoms with Crippen LogP contribution in [0.3, 0.4) is 0 Å². The van der Waals surface area contributed by atoms with Crippen molar-refractivity contribution < 1.29 is 18.0 Å². The number of carbonyl (C=O) groups excluding carboxylic acids is 1. The number of hydrogen-bond acceptors (Lipinski definition) is 2. The van der Waals surface area contributed by atoms with Gasteiger partial charge in [-0.05, 0) is 31.0 Å². The first-order chi connectivity index (χ1) is 9.41. The lowest BCUT2D eigenvalue weighted by molar-refractivity contribution is -0.137. The Morgan fingerprint density at radius 3 is 2.85 bits per heavy atom. The van der Waals surface area contributed by atoms with Crippen LogP contribution in [-0.2, 0) is 6.18 Å². The number of benzene rings is 1. The Balaban J connectivity index is 2.08. The summed E-state index contributed by atoms with van der Waals surface area (Å²) in [7, 11) is 0. The van der Waals surface area contributed by atoms with E-state index in [0.29, 0.717) is 13.1 Å². The average molecular weight is 287 g/mol. The van der Waals surface area contributed by atoms with Crippen LogP contribution < -0.4 is 11.1 Å². The van der Waals surface area contributed by atoms with Gasteiger partial charge in [-0.1, -0.05) is 6.07 Å². The Morgan fingerprint density at radius 2 is 2.20 bits per heavy atom. The molecule has 7 heteroatoms. The molecule has 2 rings (SSSR count). The molecule has 0 aromatic heterocycles. The molecule has 0 saturated carbocycles. The molecule has 0 radical (unpaired) electrons. The van der Waals surface area contributed by atoms with Crippen molar-refractivity contribution in [2.45, 2.75) is 25.1 Å². The predicted molar refractivity (Wildman–Crippen MR) is 69.2 cm³/mol. The molecule has 1 aliphatic heterocycles. The van der Waals surface area contributed by atoms with E-state index >= 15 is 0 Å². The van der Waals surface area contributed by atoms with E-state index in [-0.39, 0.29) is 11.7 Å². The van der Waals surface area contributed by atoms with Gasteiger partial charge in [0.2, 0.25) is 0 Å². The van der Waals surface area contributed by atoms with E-state index in [4.69, 9.17) is 5.73 Å². The van der Waals surface area contributed by atoms with E-state index < -0.39 is 17.8 Å². The molecule has 1 saturated heterocycles. The number of hydrogen-bond donors (Lipinski definition) is 2. The Labute approximate surface area is 114 Å². The normalized spacial score (nSPS) is 19.2. The number of rotatable bonds is 2. The number of carbonyl (C=O) groups is 1. The monoisotopic (exact) mass is 287 g/mol. The SMILES string of the molecule is NCC1CCCN1C(=O)Nc1cccc(C(F)(F)F)c1. The van der Waals surface area contributed by atoms with E-state index in [1.54, 1.807) is 4.90 Å². The quantitative estimate of drug-likeness (QED) is 0.878. The summed E-state index contributed by atoms with van der Waals surface area (Å²) < 4.78 is 37.7. The molecular weight excluding hydrogens is 271 g/mol. The highest BCUT2D eigenvalue weighted by molar-refractivity contribution is 5.89. The first kappa shape index (κ1) is 14.6. The predicted octanol–water partition coefficient (Wildman–Crippen LogP) is 2.66. The minimum Gasteiger partial charge on any atom is -0.328 e. The van der Waals surface area contributed by atoms with Gasteiger partial charge in [-0.15, -0.1) is 0 Å². The zero-order valence-corrected chi connectivity index (χ0v) is 10.8. The molecule has 0 bridgehead atoms. The van der Waals surface area contributed by atoms with Crippen LogP contribution in [0.25, 0.3) is 0 Å². The fourth-order valence-electron chi connectivity index (χ4n) is 2.32. The van der Waals surface area contributed by atoms with Gasteiger partial charge in [0.05, 0.1) is 5.56 Å². The van der Waals surface area contributed by atoms with E-state index in [2.05, 4.69) is 5.32 Å². The number of alkyl halides is 3. The Kier molecular flexibility index (Phi) is 4.17. The van der Waals surface area contributed by atoms with Crippen LogP contribution in [0.4, 0.5) is 23.7 Å². The molecule has 1 aromatic carbocycles. The number of nitrogens with one attached hydrogen (secondary N) is 1. The first-order valence-electron chi connectivity index (χ1n) is 6.37. The van der Waals surface area contributed by atoms with Crippen molar-refractivity contribution in [1.29, 1.82) is 0 Å². The first-order valence-corrected chi connectivity index (χ1v) is 6.37. The van der Waals surface area contributed by atoms with E-state index in [1.165, 1.54) is 12.1 Å². The van der Waals surface area contributed by atoms with Crippen molar-refractivity contribution in [1.82, 2.24) is 4.90 Å². The van der Waals surface area contributed by atoms with Crippen molar-refractivity contribution in [3.8, 4) is 0 Å². The number of amides is 2. The molecule has 1 heterocycles. The minimum absolute atomic E-state index is 0.0409. The van der Waals surface area contributed by atoms with Crippen LogP contribution in [0.5, 0.6) is 0 Å². The molecule has 1 unspecified atom stereocenters. The third-order valence-electron chi connectivity index (χ3n) is 3.35. The Hall–Kier alpha value is -1.76. The van der Waals surface area contributed by atoms with Gasteiger partial charge in [-0.2, -0.15) is 13.2 Å². The van der Waals surface area contributed by atoms with Gasteiger partial charge in [-0.3, -0.25) is 0 Å². The standard InChI is InChI=1S/C13H16F3N3O/c14-13(15,16)9-3-1-4-10(7-9)18-12(20)19-6-2-5-11(19)8-17/h1,3-4,7,11H,2,5-6,8,17H2,(H,18,20). The van der Waals surface area contributed by atoms with Crippen molar-refractivity contribution in [2.24, 2.45) is 5.73 Å². The van der Waals surface area contributed by atoms with E-state index in [1.807, 2.05) is 0 Å². The summed E-state index contributed by atoms with van der Waals surface area (Å²) in [5.74, 6) is 0. The summed E-state index contributed by atoms with van der Waals surface area (Å²) in [4.78, 5) is 13.6. The van der Waals surface area contributed by atoms with Crippen LogP contribution in [0.15, 0.2) is 24.3 Å². The summed E-state index contributed by atoms with van der Waals surface area (Å²) in [6.45, 7) is 0.933. The summed E-state index contributed by atoms with van der Waals surface area (Å²) >= 11 is 0. The highest BCUT2D eigenvalue weighted by Gasteiger charge is 2.31. The zero-order chi connectivity index (χ0) is 14.8. The topological polar surface area (TPSA) is 58.4 Å². The maximum Gasteiger partial charge on any atom is 0.416 e. The average Bonchev–Trinajstić information content (AvgIpc) is 2.86. The maximum absolute atomic E-state index is 12.6. The fourth-order valence-corrected chi connectivity index (χ4v) is 2.32. The second-order valence-corrected chi connectivity index (χ2v) is 4.73. The van der Waals surface area contributed by atoms with Gasteiger partial charge >= 0.3 is 12.2 Å². The Morgan fingerprint density at radius 1 is 1.45 bits per heavy atom. The van der Waals surface area contributed by atoms with Crippen LogP contribution >= 0.6 is 0 Å². The molecule has 0 aliphatic carbocycles.